The molecule has 3 N–H and O–H groups in total. The van der Waals surface area contributed by atoms with Gasteiger partial charge in [0.05, 0.1) is 6.61 Å². The second-order valence-electron chi connectivity index (χ2n) is 4.06. The maximum absolute atomic E-state index is 5.93. The van der Waals surface area contributed by atoms with Crippen LogP contribution in [0.25, 0.3) is 0 Å². The molecular formula is C11H18N4O. The predicted octanol–water partition coefficient (Wildman–Crippen LogP) is 1.81. The highest BCUT2D eigenvalue weighted by atomic mass is 16.5. The highest BCUT2D eigenvalue weighted by molar-refractivity contribution is 5.66. The van der Waals surface area contributed by atoms with Crippen LogP contribution >= 0.6 is 0 Å². The maximum atomic E-state index is 5.93. The largest absolute Gasteiger partial charge is 0.476 e. The van der Waals surface area contributed by atoms with Crippen LogP contribution in [0, 0.1) is 0 Å². The number of unbranched alkanes of at least 4 members (excludes halogenated alkanes) is 1. The van der Waals surface area contributed by atoms with Gasteiger partial charge in [-0.15, -0.1) is 0 Å². The molecule has 0 aliphatic heterocycles. The van der Waals surface area contributed by atoms with E-state index in [1.54, 1.807) is 0 Å². The Morgan fingerprint density at radius 3 is 3.00 bits per heavy atom. The molecule has 2 rings (SSSR count). The van der Waals surface area contributed by atoms with Crippen LogP contribution in [0.1, 0.15) is 32.6 Å². The van der Waals surface area contributed by atoms with E-state index in [1.807, 2.05) is 0 Å². The first-order valence-electron chi connectivity index (χ1n) is 5.81. The van der Waals surface area contributed by atoms with E-state index in [2.05, 4.69) is 22.2 Å². The Morgan fingerprint density at radius 1 is 1.50 bits per heavy atom. The van der Waals surface area contributed by atoms with Crippen LogP contribution in [0.3, 0.4) is 0 Å². The standard InChI is InChI=1S/C11H18N4O/c1-2-3-6-16-11-9(12)10(13-7-14-11)15-8-4-5-8/h7-8H,2-6,12H2,1H3,(H,13,14,15). The summed E-state index contributed by atoms with van der Waals surface area (Å²) in [6.45, 7) is 2.77. The van der Waals surface area contributed by atoms with E-state index in [0.29, 0.717) is 30.0 Å². The third kappa shape index (κ3) is 2.74. The quantitative estimate of drug-likeness (QED) is 0.718. The zero-order valence-electron chi connectivity index (χ0n) is 9.57. The molecule has 0 bridgehead atoms. The summed E-state index contributed by atoms with van der Waals surface area (Å²) in [5.74, 6) is 1.19. The molecule has 16 heavy (non-hydrogen) atoms. The highest BCUT2D eigenvalue weighted by Gasteiger charge is 2.23. The molecular weight excluding hydrogens is 204 g/mol. The number of ether oxygens (including phenoxy) is 1. The lowest BCUT2D eigenvalue weighted by molar-refractivity contribution is 0.299. The number of nitrogens with zero attached hydrogens (tertiary/aromatic N) is 2. The SMILES string of the molecule is CCCCOc1ncnc(NC2CC2)c1N. The summed E-state index contributed by atoms with van der Waals surface area (Å²) in [4.78, 5) is 8.16. The molecule has 1 aliphatic carbocycles. The lowest BCUT2D eigenvalue weighted by atomic mass is 10.4. The van der Waals surface area contributed by atoms with E-state index in [9.17, 15) is 0 Å². The molecule has 1 saturated carbocycles. The van der Waals surface area contributed by atoms with Crippen molar-refractivity contribution in [1.82, 2.24) is 9.97 Å². The Bertz CT molecular complexity index is 352. The Morgan fingerprint density at radius 2 is 2.31 bits per heavy atom. The minimum Gasteiger partial charge on any atom is -0.476 e. The molecule has 1 aromatic rings. The molecule has 0 amide bonds. The minimum absolute atomic E-state index is 0.492. The van der Waals surface area contributed by atoms with Gasteiger partial charge in [-0.3, -0.25) is 0 Å². The first-order chi connectivity index (χ1) is 7.81. The lowest BCUT2D eigenvalue weighted by Crippen LogP contribution is -2.09. The van der Waals surface area contributed by atoms with Crippen molar-refractivity contribution >= 4 is 11.5 Å². The molecule has 1 aliphatic rings. The second kappa shape index (κ2) is 5.01. The molecule has 0 radical (unpaired) electrons. The molecule has 88 valence electrons. The van der Waals surface area contributed by atoms with E-state index >= 15 is 0 Å². The van der Waals surface area contributed by atoms with Gasteiger partial charge < -0.3 is 15.8 Å². The smallest absolute Gasteiger partial charge is 0.242 e. The summed E-state index contributed by atoms with van der Waals surface area (Å²) in [6.07, 6.45) is 5.97. The summed E-state index contributed by atoms with van der Waals surface area (Å²) >= 11 is 0. The molecule has 0 atom stereocenters. The summed E-state index contributed by atoms with van der Waals surface area (Å²) < 4.78 is 5.50. The van der Waals surface area contributed by atoms with Crippen LogP contribution in [-0.2, 0) is 0 Å². The van der Waals surface area contributed by atoms with Crippen LogP contribution in [0.15, 0.2) is 6.33 Å². The van der Waals surface area contributed by atoms with Crippen molar-refractivity contribution in [2.24, 2.45) is 0 Å². The van der Waals surface area contributed by atoms with Crippen molar-refractivity contribution in [3.05, 3.63) is 6.33 Å². The molecule has 1 aromatic heterocycles. The van der Waals surface area contributed by atoms with Gasteiger partial charge in [0.1, 0.15) is 12.0 Å². The van der Waals surface area contributed by atoms with Crippen LogP contribution in [-0.4, -0.2) is 22.6 Å². The van der Waals surface area contributed by atoms with Crippen molar-refractivity contribution in [1.29, 1.82) is 0 Å². The molecule has 0 aromatic carbocycles. The zero-order chi connectivity index (χ0) is 11.4. The second-order valence-corrected chi connectivity index (χ2v) is 4.06. The van der Waals surface area contributed by atoms with Crippen LogP contribution in [0.2, 0.25) is 0 Å². The van der Waals surface area contributed by atoms with Gasteiger partial charge >= 0.3 is 0 Å². The Kier molecular flexibility index (Phi) is 3.44. The first-order valence-corrected chi connectivity index (χ1v) is 5.81. The van der Waals surface area contributed by atoms with Crippen molar-refractivity contribution in [3.63, 3.8) is 0 Å². The number of hydrogen-bond donors (Lipinski definition) is 2. The van der Waals surface area contributed by atoms with E-state index in [-0.39, 0.29) is 0 Å². The lowest BCUT2D eigenvalue weighted by Gasteiger charge is -2.10. The third-order valence-corrected chi connectivity index (χ3v) is 2.50. The van der Waals surface area contributed by atoms with E-state index in [4.69, 9.17) is 10.5 Å². The number of rotatable bonds is 6. The monoisotopic (exact) mass is 222 g/mol. The molecule has 1 fully saturated rings. The fraction of sp³-hybridized carbons (Fsp3) is 0.636. The van der Waals surface area contributed by atoms with Crippen molar-refractivity contribution in [2.75, 3.05) is 17.7 Å². The summed E-state index contributed by atoms with van der Waals surface area (Å²) in [5, 5.41) is 3.26. The van der Waals surface area contributed by atoms with Gasteiger partial charge in [0.2, 0.25) is 5.88 Å². The van der Waals surface area contributed by atoms with Crippen LogP contribution in [0.5, 0.6) is 5.88 Å². The number of anilines is 2. The fourth-order valence-corrected chi connectivity index (χ4v) is 1.34. The molecule has 5 heteroatoms. The van der Waals surface area contributed by atoms with Crippen LogP contribution in [0.4, 0.5) is 11.5 Å². The first kappa shape index (κ1) is 11.0. The fourth-order valence-electron chi connectivity index (χ4n) is 1.34. The highest BCUT2D eigenvalue weighted by Crippen LogP contribution is 2.30. The Labute approximate surface area is 95.4 Å². The number of nitrogens with one attached hydrogen (secondary N) is 1. The van der Waals surface area contributed by atoms with Crippen LogP contribution < -0.4 is 15.8 Å². The number of aromatic nitrogens is 2. The molecule has 0 unspecified atom stereocenters. The number of nitrogen functional groups attached to an aromatic ring is 1. The Hall–Kier alpha value is -1.52. The average molecular weight is 222 g/mol. The van der Waals surface area contributed by atoms with E-state index in [1.165, 1.54) is 19.2 Å². The normalized spacial score (nSPS) is 14.8. The zero-order valence-corrected chi connectivity index (χ0v) is 9.57. The Balaban J connectivity index is 1.99. The summed E-state index contributed by atoms with van der Waals surface area (Å²) in [5.41, 5.74) is 6.45. The molecule has 1 heterocycles. The minimum atomic E-state index is 0.492. The summed E-state index contributed by atoms with van der Waals surface area (Å²) in [6, 6.07) is 0.528. The van der Waals surface area contributed by atoms with Gasteiger partial charge in [0.15, 0.2) is 5.82 Å². The average Bonchev–Trinajstić information content (AvgIpc) is 3.08. The third-order valence-electron chi connectivity index (χ3n) is 2.50. The van der Waals surface area contributed by atoms with Crippen molar-refractivity contribution < 1.29 is 4.74 Å². The van der Waals surface area contributed by atoms with Gasteiger partial charge in [-0.1, -0.05) is 13.3 Å². The van der Waals surface area contributed by atoms with Gasteiger partial charge in [0.25, 0.3) is 0 Å². The van der Waals surface area contributed by atoms with Gasteiger partial charge in [-0.2, -0.15) is 4.98 Å². The van der Waals surface area contributed by atoms with E-state index < -0.39 is 0 Å². The van der Waals surface area contributed by atoms with E-state index in [0.717, 1.165) is 12.8 Å². The maximum Gasteiger partial charge on any atom is 0.242 e. The van der Waals surface area contributed by atoms with Gasteiger partial charge in [-0.25, -0.2) is 4.98 Å². The number of hydrogen-bond acceptors (Lipinski definition) is 5. The van der Waals surface area contributed by atoms with Gasteiger partial charge in [0, 0.05) is 6.04 Å². The number of nitrogens with two attached hydrogens (primary N) is 1. The van der Waals surface area contributed by atoms with Crippen molar-refractivity contribution in [3.8, 4) is 5.88 Å². The molecule has 0 spiro atoms. The predicted molar refractivity (Wildman–Crippen MR) is 63.5 cm³/mol. The molecule has 5 nitrogen and oxygen atoms in total. The molecule has 0 saturated heterocycles. The van der Waals surface area contributed by atoms with Gasteiger partial charge in [-0.05, 0) is 19.3 Å². The van der Waals surface area contributed by atoms with Crippen molar-refractivity contribution in [2.45, 2.75) is 38.6 Å². The topological polar surface area (TPSA) is 73.1 Å². The summed E-state index contributed by atoms with van der Waals surface area (Å²) in [7, 11) is 0.